The van der Waals surface area contributed by atoms with Gasteiger partial charge < -0.3 is 5.32 Å². The molecule has 0 radical (unpaired) electrons. The number of piperidine rings is 1. The Bertz CT molecular complexity index is 857. The number of nitrogens with zero attached hydrogens (tertiary/aromatic N) is 2. The first-order chi connectivity index (χ1) is 12.4. The maximum absolute atomic E-state index is 12.9. The molecule has 0 aliphatic carbocycles. The molecule has 2 unspecified atom stereocenters. The monoisotopic (exact) mass is 373 g/mol. The lowest BCUT2D eigenvalue weighted by Gasteiger charge is -2.34. The highest BCUT2D eigenvalue weighted by Crippen LogP contribution is 2.27. The Morgan fingerprint density at radius 1 is 1.08 bits per heavy atom. The van der Waals surface area contributed by atoms with Crippen molar-refractivity contribution in [3.63, 3.8) is 0 Å². The van der Waals surface area contributed by atoms with Crippen LogP contribution in [0.3, 0.4) is 0 Å². The molecule has 0 bridgehead atoms. The van der Waals surface area contributed by atoms with Crippen molar-refractivity contribution in [1.82, 2.24) is 9.29 Å². The highest BCUT2D eigenvalue weighted by atomic mass is 32.2. The van der Waals surface area contributed by atoms with Crippen LogP contribution in [-0.2, 0) is 10.0 Å². The van der Waals surface area contributed by atoms with Gasteiger partial charge in [-0.05, 0) is 54.7 Å². The summed E-state index contributed by atoms with van der Waals surface area (Å²) in [5, 5.41) is 2.72. The molecule has 7 heteroatoms. The first-order valence-electron chi connectivity index (χ1n) is 8.69. The van der Waals surface area contributed by atoms with E-state index in [0.717, 1.165) is 6.42 Å². The minimum Gasteiger partial charge on any atom is -0.321 e. The molecule has 1 aromatic carbocycles. The number of sulfonamides is 1. The highest BCUT2D eigenvalue weighted by Gasteiger charge is 2.31. The molecular weight excluding hydrogens is 350 g/mol. The number of hydrogen-bond donors (Lipinski definition) is 1. The minimum atomic E-state index is -3.52. The Labute approximate surface area is 154 Å². The lowest BCUT2D eigenvalue weighted by atomic mass is 9.94. The quantitative estimate of drug-likeness (QED) is 0.893. The summed E-state index contributed by atoms with van der Waals surface area (Å²) in [6.45, 7) is 5.25. The van der Waals surface area contributed by atoms with Crippen molar-refractivity contribution >= 4 is 21.6 Å². The number of anilines is 1. The molecule has 0 saturated carbocycles. The number of carbonyl (C=O) groups excluding carboxylic acids is 1. The molecule has 1 aromatic heterocycles. The van der Waals surface area contributed by atoms with Gasteiger partial charge in [0.15, 0.2) is 0 Å². The topological polar surface area (TPSA) is 79.4 Å². The number of carbonyl (C=O) groups is 1. The van der Waals surface area contributed by atoms with E-state index in [1.54, 1.807) is 40.8 Å². The van der Waals surface area contributed by atoms with Crippen LogP contribution in [0.1, 0.15) is 30.8 Å². The van der Waals surface area contributed by atoms with Gasteiger partial charge in [0.2, 0.25) is 10.0 Å². The summed E-state index contributed by atoms with van der Waals surface area (Å²) in [6.07, 6.45) is 2.59. The van der Waals surface area contributed by atoms with E-state index in [2.05, 4.69) is 24.1 Å². The Balaban J connectivity index is 1.73. The van der Waals surface area contributed by atoms with Crippen molar-refractivity contribution in [2.45, 2.75) is 25.2 Å². The molecule has 0 spiro atoms. The minimum absolute atomic E-state index is 0.245. The van der Waals surface area contributed by atoms with Crippen molar-refractivity contribution in [1.29, 1.82) is 0 Å². The molecule has 1 saturated heterocycles. The van der Waals surface area contributed by atoms with Crippen LogP contribution < -0.4 is 5.32 Å². The van der Waals surface area contributed by atoms with Gasteiger partial charge in [-0.3, -0.25) is 9.78 Å². The second kappa shape index (κ2) is 7.55. The van der Waals surface area contributed by atoms with Crippen LogP contribution in [0.4, 0.5) is 5.69 Å². The van der Waals surface area contributed by atoms with Crippen molar-refractivity contribution in [3.8, 4) is 0 Å². The van der Waals surface area contributed by atoms with Gasteiger partial charge in [-0.2, -0.15) is 4.31 Å². The molecule has 1 N–H and O–H groups in total. The summed E-state index contributed by atoms with van der Waals surface area (Å²) in [5.41, 5.74) is 0.834. The number of pyridine rings is 1. The smallest absolute Gasteiger partial charge is 0.274 e. The molecule has 1 fully saturated rings. The molecule has 6 nitrogen and oxygen atoms in total. The third-order valence-electron chi connectivity index (χ3n) is 4.48. The zero-order valence-corrected chi connectivity index (χ0v) is 15.7. The normalized spacial score (nSPS) is 21.3. The zero-order valence-electron chi connectivity index (χ0n) is 14.9. The summed E-state index contributed by atoms with van der Waals surface area (Å²) in [5.74, 6) is 0.371. The van der Waals surface area contributed by atoms with E-state index in [4.69, 9.17) is 0 Å². The van der Waals surface area contributed by atoms with Gasteiger partial charge in [0.05, 0.1) is 4.90 Å². The number of benzene rings is 1. The molecule has 3 rings (SSSR count). The second-order valence-corrected chi connectivity index (χ2v) is 8.90. The van der Waals surface area contributed by atoms with Crippen LogP contribution in [-0.4, -0.2) is 36.7 Å². The molecule has 1 amide bonds. The van der Waals surface area contributed by atoms with E-state index in [9.17, 15) is 13.2 Å². The maximum atomic E-state index is 12.9. The van der Waals surface area contributed by atoms with Gasteiger partial charge in [0.1, 0.15) is 5.69 Å². The first-order valence-corrected chi connectivity index (χ1v) is 10.1. The summed E-state index contributed by atoms with van der Waals surface area (Å²) >= 11 is 0. The summed E-state index contributed by atoms with van der Waals surface area (Å²) in [6, 6.07) is 11.4. The summed E-state index contributed by atoms with van der Waals surface area (Å²) in [7, 11) is -3.52. The molecule has 2 atom stereocenters. The standard InChI is InChI=1S/C19H23N3O3S/c1-14-11-15(2)13-22(12-14)26(24,25)17-8-6-16(7-9-17)21-19(23)18-5-3-4-10-20-18/h3-10,14-15H,11-13H2,1-2H3,(H,21,23). The number of rotatable bonds is 4. The fraction of sp³-hybridized carbons (Fsp3) is 0.368. The van der Waals surface area contributed by atoms with Gasteiger partial charge >= 0.3 is 0 Å². The molecule has 2 aromatic rings. The Hall–Kier alpha value is -2.25. The fourth-order valence-corrected chi connectivity index (χ4v) is 5.03. The number of hydrogen-bond acceptors (Lipinski definition) is 4. The van der Waals surface area contributed by atoms with Crippen LogP contribution in [0.15, 0.2) is 53.6 Å². The van der Waals surface area contributed by atoms with Crippen molar-refractivity contribution < 1.29 is 13.2 Å². The molecule has 138 valence electrons. The maximum Gasteiger partial charge on any atom is 0.274 e. The van der Waals surface area contributed by atoms with E-state index in [1.165, 1.54) is 12.1 Å². The summed E-state index contributed by atoms with van der Waals surface area (Å²) < 4.78 is 27.3. The second-order valence-electron chi connectivity index (χ2n) is 6.96. The molecular formula is C19H23N3O3S. The number of nitrogens with one attached hydrogen (secondary N) is 1. The Kier molecular flexibility index (Phi) is 5.38. The van der Waals surface area contributed by atoms with Crippen LogP contribution in [0.25, 0.3) is 0 Å². The van der Waals surface area contributed by atoms with E-state index < -0.39 is 10.0 Å². The van der Waals surface area contributed by atoms with Gasteiger partial charge in [-0.25, -0.2) is 8.42 Å². The van der Waals surface area contributed by atoms with Gasteiger partial charge in [0, 0.05) is 25.0 Å². The van der Waals surface area contributed by atoms with E-state index >= 15 is 0 Å². The lowest BCUT2D eigenvalue weighted by Crippen LogP contribution is -2.42. The number of aromatic nitrogens is 1. The van der Waals surface area contributed by atoms with Crippen molar-refractivity contribution in [2.24, 2.45) is 11.8 Å². The molecule has 1 aliphatic rings. The zero-order chi connectivity index (χ0) is 18.7. The highest BCUT2D eigenvalue weighted by molar-refractivity contribution is 7.89. The van der Waals surface area contributed by atoms with E-state index in [1.807, 2.05) is 0 Å². The predicted molar refractivity (Wildman–Crippen MR) is 100 cm³/mol. The Morgan fingerprint density at radius 2 is 1.73 bits per heavy atom. The largest absolute Gasteiger partial charge is 0.321 e. The van der Waals surface area contributed by atoms with Gasteiger partial charge in [-0.15, -0.1) is 0 Å². The van der Waals surface area contributed by atoms with Crippen LogP contribution >= 0.6 is 0 Å². The average molecular weight is 373 g/mol. The van der Waals surface area contributed by atoms with Gasteiger partial charge in [-0.1, -0.05) is 19.9 Å². The van der Waals surface area contributed by atoms with Crippen molar-refractivity contribution in [2.75, 3.05) is 18.4 Å². The van der Waals surface area contributed by atoms with Crippen LogP contribution in [0, 0.1) is 11.8 Å². The summed E-state index contributed by atoms with van der Waals surface area (Å²) in [4.78, 5) is 16.4. The van der Waals surface area contributed by atoms with Crippen LogP contribution in [0.5, 0.6) is 0 Å². The van der Waals surface area contributed by atoms with Crippen LogP contribution in [0.2, 0.25) is 0 Å². The fourth-order valence-electron chi connectivity index (χ4n) is 3.35. The molecule has 2 heterocycles. The third-order valence-corrected chi connectivity index (χ3v) is 6.33. The lowest BCUT2D eigenvalue weighted by molar-refractivity contribution is 0.102. The molecule has 26 heavy (non-hydrogen) atoms. The van der Waals surface area contributed by atoms with Gasteiger partial charge in [0.25, 0.3) is 5.91 Å². The molecule has 1 aliphatic heterocycles. The predicted octanol–water partition coefficient (Wildman–Crippen LogP) is 3.00. The van der Waals surface area contributed by atoms with E-state index in [-0.39, 0.29) is 10.8 Å². The number of amides is 1. The van der Waals surface area contributed by atoms with E-state index in [0.29, 0.717) is 36.3 Å². The Morgan fingerprint density at radius 3 is 2.31 bits per heavy atom. The average Bonchev–Trinajstić information content (AvgIpc) is 2.62. The van der Waals surface area contributed by atoms with Crippen molar-refractivity contribution in [3.05, 3.63) is 54.4 Å². The third kappa shape index (κ3) is 4.11. The SMILES string of the molecule is CC1CC(C)CN(S(=O)(=O)c2ccc(NC(=O)c3ccccn3)cc2)C1. The first kappa shape index (κ1) is 18.5.